The normalized spacial score (nSPS) is 38.0. The largest absolute Gasteiger partial charge is 0.330 e. The highest BCUT2D eigenvalue weighted by atomic mass is 31.2. The Morgan fingerprint density at radius 3 is 2.91 bits per heavy atom. The van der Waals surface area contributed by atoms with E-state index in [0.29, 0.717) is 12.8 Å². The fourth-order valence-corrected chi connectivity index (χ4v) is 2.39. The van der Waals surface area contributed by atoms with Crippen molar-refractivity contribution in [1.29, 1.82) is 0 Å². The molecule has 0 saturated carbocycles. The summed E-state index contributed by atoms with van der Waals surface area (Å²) in [5, 5.41) is 0. The average molecular weight is 174 g/mol. The second-order valence-corrected chi connectivity index (χ2v) is 4.76. The highest BCUT2D eigenvalue weighted by Gasteiger charge is 2.29. The zero-order chi connectivity index (χ0) is 8.32. The fraction of sp³-hybridized carbons (Fsp3) is 0.714. The van der Waals surface area contributed by atoms with Crippen molar-refractivity contribution in [2.24, 2.45) is 5.92 Å². The molecule has 1 fully saturated rings. The molecule has 0 bridgehead atoms. The lowest BCUT2D eigenvalue weighted by atomic mass is 10.1. The van der Waals surface area contributed by atoms with Crippen LogP contribution in [0.2, 0.25) is 0 Å². The first-order valence-corrected chi connectivity index (χ1v) is 5.18. The van der Waals surface area contributed by atoms with E-state index in [1.807, 2.05) is 0 Å². The van der Waals surface area contributed by atoms with E-state index in [1.165, 1.54) is 7.11 Å². The fourth-order valence-electron chi connectivity index (χ4n) is 0.941. The van der Waals surface area contributed by atoms with Crippen LogP contribution in [0.15, 0.2) is 0 Å². The molecule has 0 aliphatic carbocycles. The molecule has 1 aliphatic heterocycles. The van der Waals surface area contributed by atoms with E-state index < -0.39 is 7.60 Å². The third-order valence-corrected chi connectivity index (χ3v) is 3.64. The summed E-state index contributed by atoms with van der Waals surface area (Å²) in [5.41, 5.74) is 0. The summed E-state index contributed by atoms with van der Waals surface area (Å²) in [6.07, 6.45) is 6.35. The van der Waals surface area contributed by atoms with Crippen LogP contribution < -0.4 is 0 Å². The second kappa shape index (κ2) is 3.40. The van der Waals surface area contributed by atoms with Gasteiger partial charge in [0.25, 0.3) is 0 Å². The van der Waals surface area contributed by atoms with Crippen molar-refractivity contribution >= 4 is 7.60 Å². The van der Waals surface area contributed by atoms with Crippen LogP contribution in [-0.4, -0.2) is 19.9 Å². The molecule has 0 radical (unpaired) electrons. The minimum absolute atomic E-state index is 0.104. The van der Waals surface area contributed by atoms with Gasteiger partial charge in [-0.05, 0) is 6.42 Å². The maximum Gasteiger partial charge on any atom is 0.330 e. The molecule has 0 aromatic carbocycles. The Kier molecular flexibility index (Phi) is 2.72. The van der Waals surface area contributed by atoms with Gasteiger partial charge in [-0.15, -0.1) is 12.3 Å². The van der Waals surface area contributed by atoms with Crippen LogP contribution in [0.3, 0.4) is 0 Å². The summed E-state index contributed by atoms with van der Waals surface area (Å²) >= 11 is 0. The molecule has 0 amide bonds. The molecule has 62 valence electrons. The molecule has 1 saturated heterocycles. The minimum atomic E-state index is -2.74. The molecular formula is C7H11O3P. The van der Waals surface area contributed by atoms with Gasteiger partial charge in [0.05, 0.1) is 12.8 Å². The van der Waals surface area contributed by atoms with Gasteiger partial charge in [0.2, 0.25) is 0 Å². The quantitative estimate of drug-likeness (QED) is 0.446. The van der Waals surface area contributed by atoms with Crippen molar-refractivity contribution in [3.63, 3.8) is 0 Å². The maximum atomic E-state index is 11.4. The van der Waals surface area contributed by atoms with Crippen LogP contribution >= 0.6 is 7.60 Å². The lowest BCUT2D eigenvalue weighted by Crippen LogP contribution is -2.16. The second-order valence-electron chi connectivity index (χ2n) is 2.47. The van der Waals surface area contributed by atoms with Crippen molar-refractivity contribution in [2.45, 2.75) is 6.42 Å². The molecule has 1 rings (SSSR count). The van der Waals surface area contributed by atoms with Gasteiger partial charge in [0.1, 0.15) is 0 Å². The van der Waals surface area contributed by atoms with Crippen LogP contribution in [0.25, 0.3) is 0 Å². The van der Waals surface area contributed by atoms with E-state index in [4.69, 9.17) is 15.5 Å². The van der Waals surface area contributed by atoms with Crippen molar-refractivity contribution in [3.05, 3.63) is 0 Å². The van der Waals surface area contributed by atoms with Crippen LogP contribution in [0, 0.1) is 18.3 Å². The molecule has 2 unspecified atom stereocenters. The Bertz CT molecular complexity index is 206. The molecule has 11 heavy (non-hydrogen) atoms. The van der Waals surface area contributed by atoms with E-state index in [0.717, 1.165) is 6.42 Å². The molecule has 1 heterocycles. The lowest BCUT2D eigenvalue weighted by Gasteiger charge is -2.24. The summed E-state index contributed by atoms with van der Waals surface area (Å²) in [4.78, 5) is 0. The molecule has 0 aromatic rings. The van der Waals surface area contributed by atoms with Gasteiger partial charge in [0, 0.05) is 13.0 Å². The van der Waals surface area contributed by atoms with Gasteiger partial charge in [-0.25, -0.2) is 0 Å². The van der Waals surface area contributed by atoms with Crippen molar-refractivity contribution in [2.75, 3.05) is 19.9 Å². The standard InChI is InChI=1S/C7H11O3P/c1-3-7-4-5-11(8,9-2)10-6-7/h1,7H,4-6H2,2H3. The SMILES string of the molecule is C#CC1CCP(=O)(OC)OC1. The summed E-state index contributed by atoms with van der Waals surface area (Å²) in [7, 11) is -1.34. The zero-order valence-corrected chi connectivity index (χ0v) is 7.34. The van der Waals surface area contributed by atoms with Crippen LogP contribution in [-0.2, 0) is 13.6 Å². The first kappa shape index (κ1) is 8.80. The molecule has 0 aromatic heterocycles. The van der Waals surface area contributed by atoms with E-state index in [9.17, 15) is 4.57 Å². The number of hydrogen-bond acceptors (Lipinski definition) is 3. The highest BCUT2D eigenvalue weighted by molar-refractivity contribution is 7.53. The minimum Gasteiger partial charge on any atom is -0.312 e. The topological polar surface area (TPSA) is 35.5 Å². The summed E-state index contributed by atoms with van der Waals surface area (Å²) < 4.78 is 21.1. The van der Waals surface area contributed by atoms with E-state index in [2.05, 4.69) is 5.92 Å². The Morgan fingerprint density at radius 1 is 1.82 bits per heavy atom. The first-order valence-electron chi connectivity index (χ1n) is 3.45. The Balaban J connectivity index is 2.49. The molecule has 3 nitrogen and oxygen atoms in total. The van der Waals surface area contributed by atoms with E-state index in [-0.39, 0.29) is 5.92 Å². The van der Waals surface area contributed by atoms with E-state index in [1.54, 1.807) is 0 Å². The van der Waals surface area contributed by atoms with Gasteiger partial charge < -0.3 is 9.05 Å². The van der Waals surface area contributed by atoms with Crippen molar-refractivity contribution < 1.29 is 13.6 Å². The monoisotopic (exact) mass is 174 g/mol. The third-order valence-electron chi connectivity index (χ3n) is 1.74. The lowest BCUT2D eigenvalue weighted by molar-refractivity contribution is 0.193. The number of rotatable bonds is 1. The third kappa shape index (κ3) is 2.07. The summed E-state index contributed by atoms with van der Waals surface area (Å²) in [5.74, 6) is 2.67. The first-order chi connectivity index (χ1) is 5.20. The van der Waals surface area contributed by atoms with Crippen molar-refractivity contribution in [1.82, 2.24) is 0 Å². The van der Waals surface area contributed by atoms with Crippen LogP contribution in [0.1, 0.15) is 6.42 Å². The molecule has 2 atom stereocenters. The smallest absolute Gasteiger partial charge is 0.312 e. The summed E-state index contributed by atoms with van der Waals surface area (Å²) in [6, 6.07) is 0. The molecule has 0 N–H and O–H groups in total. The van der Waals surface area contributed by atoms with Gasteiger partial charge in [0.15, 0.2) is 0 Å². The molecular weight excluding hydrogens is 163 g/mol. The predicted molar refractivity (Wildman–Crippen MR) is 42.4 cm³/mol. The Morgan fingerprint density at radius 2 is 2.55 bits per heavy atom. The van der Waals surface area contributed by atoms with Gasteiger partial charge in [-0.3, -0.25) is 4.57 Å². The zero-order valence-electron chi connectivity index (χ0n) is 6.45. The van der Waals surface area contributed by atoms with Gasteiger partial charge in [-0.2, -0.15) is 0 Å². The van der Waals surface area contributed by atoms with Gasteiger partial charge in [-0.1, -0.05) is 0 Å². The van der Waals surface area contributed by atoms with Crippen LogP contribution in [0.5, 0.6) is 0 Å². The van der Waals surface area contributed by atoms with E-state index >= 15 is 0 Å². The van der Waals surface area contributed by atoms with Crippen LogP contribution in [0.4, 0.5) is 0 Å². The molecule has 0 spiro atoms. The highest BCUT2D eigenvalue weighted by Crippen LogP contribution is 2.51. The Labute approximate surface area is 66.6 Å². The molecule has 4 heteroatoms. The predicted octanol–water partition coefficient (Wildman–Crippen LogP) is 1.50. The van der Waals surface area contributed by atoms with Crippen molar-refractivity contribution in [3.8, 4) is 12.3 Å². The maximum absolute atomic E-state index is 11.4. The number of hydrogen-bond donors (Lipinski definition) is 0. The molecule has 1 aliphatic rings. The summed E-state index contributed by atoms with van der Waals surface area (Å²) in [6.45, 7) is 0.363. The van der Waals surface area contributed by atoms with Gasteiger partial charge >= 0.3 is 7.60 Å². The Hall–Kier alpha value is -0.290. The number of terminal acetylenes is 1. The average Bonchev–Trinajstić information content (AvgIpc) is 2.06.